The number of benzene rings is 1. The fourth-order valence-electron chi connectivity index (χ4n) is 1.71. The molecular formula is C12H10F2N2O4. The number of aliphatic hydroxyl groups excluding tert-OH is 1. The smallest absolute Gasteiger partial charge is 0.277 e. The number of phenols is 1. The molecule has 1 aliphatic heterocycles. The fraction of sp³-hybridized carbons (Fsp3) is 0.167. The minimum Gasteiger partial charge on any atom is -0.505 e. The third-order valence-corrected chi connectivity index (χ3v) is 2.62. The predicted octanol–water partition coefficient (Wildman–Crippen LogP) is 0.327. The molecular weight excluding hydrogens is 274 g/mol. The number of hydrogen-bond acceptors (Lipinski definition) is 5. The van der Waals surface area contributed by atoms with Gasteiger partial charge in [0.25, 0.3) is 11.8 Å². The van der Waals surface area contributed by atoms with Crippen molar-refractivity contribution in [2.45, 2.75) is 0 Å². The van der Waals surface area contributed by atoms with Gasteiger partial charge in [-0.2, -0.15) is 4.39 Å². The second-order valence-electron chi connectivity index (χ2n) is 3.99. The summed E-state index contributed by atoms with van der Waals surface area (Å²) in [7, 11) is 0. The maximum absolute atomic E-state index is 13.1. The van der Waals surface area contributed by atoms with Crippen LogP contribution in [0.5, 0.6) is 5.75 Å². The topological polar surface area (TPSA) is 89.9 Å². The second-order valence-corrected chi connectivity index (χ2v) is 3.99. The lowest BCUT2D eigenvalue weighted by atomic mass is 10.2. The Morgan fingerprint density at radius 1 is 1.25 bits per heavy atom. The molecule has 0 aromatic heterocycles. The number of anilines is 1. The Labute approximate surface area is 111 Å². The highest BCUT2D eigenvalue weighted by Crippen LogP contribution is 2.25. The summed E-state index contributed by atoms with van der Waals surface area (Å²) in [6.45, 7) is -0.549. The SMILES string of the molecule is O=C1C=C(Nc2cc(O)c(F)c(F)c2)C(=O)N1CCO. The number of carbonyl (C=O) groups excluding carboxylic acids is 2. The van der Waals surface area contributed by atoms with Gasteiger partial charge in [0.1, 0.15) is 5.70 Å². The lowest BCUT2D eigenvalue weighted by Crippen LogP contribution is -2.34. The van der Waals surface area contributed by atoms with Gasteiger partial charge < -0.3 is 15.5 Å². The second kappa shape index (κ2) is 5.25. The Hall–Kier alpha value is -2.48. The number of imide groups is 1. The van der Waals surface area contributed by atoms with E-state index in [1.54, 1.807) is 0 Å². The van der Waals surface area contributed by atoms with Gasteiger partial charge in [0.15, 0.2) is 17.4 Å². The molecule has 0 fully saturated rings. The van der Waals surface area contributed by atoms with E-state index < -0.39 is 29.2 Å². The summed E-state index contributed by atoms with van der Waals surface area (Å²) >= 11 is 0. The van der Waals surface area contributed by atoms with E-state index in [1.165, 1.54) is 0 Å². The van der Waals surface area contributed by atoms with E-state index >= 15 is 0 Å². The van der Waals surface area contributed by atoms with Crippen molar-refractivity contribution in [3.63, 3.8) is 0 Å². The Bertz CT molecular complexity index is 592. The van der Waals surface area contributed by atoms with Gasteiger partial charge in [0.05, 0.1) is 13.2 Å². The van der Waals surface area contributed by atoms with Crippen molar-refractivity contribution in [2.75, 3.05) is 18.5 Å². The lowest BCUT2D eigenvalue weighted by Gasteiger charge is -2.13. The number of aromatic hydroxyl groups is 1. The van der Waals surface area contributed by atoms with Crippen LogP contribution in [0.2, 0.25) is 0 Å². The Morgan fingerprint density at radius 3 is 2.55 bits per heavy atom. The van der Waals surface area contributed by atoms with E-state index in [9.17, 15) is 18.4 Å². The molecule has 2 rings (SSSR count). The Balaban J connectivity index is 2.21. The van der Waals surface area contributed by atoms with Crippen molar-refractivity contribution in [1.29, 1.82) is 0 Å². The zero-order chi connectivity index (χ0) is 14.9. The first-order valence-corrected chi connectivity index (χ1v) is 5.57. The molecule has 6 nitrogen and oxygen atoms in total. The van der Waals surface area contributed by atoms with Crippen LogP contribution in [-0.2, 0) is 9.59 Å². The molecule has 0 aliphatic carbocycles. The van der Waals surface area contributed by atoms with Gasteiger partial charge in [-0.1, -0.05) is 0 Å². The number of nitrogens with one attached hydrogen (secondary N) is 1. The number of nitrogens with zero attached hydrogens (tertiary/aromatic N) is 1. The van der Waals surface area contributed by atoms with E-state index in [2.05, 4.69) is 5.32 Å². The van der Waals surface area contributed by atoms with Gasteiger partial charge in [-0.15, -0.1) is 0 Å². The van der Waals surface area contributed by atoms with Crippen molar-refractivity contribution < 1.29 is 28.6 Å². The minimum absolute atomic E-state index is 0.0837. The van der Waals surface area contributed by atoms with Gasteiger partial charge in [-0.05, 0) is 0 Å². The maximum atomic E-state index is 13.1. The van der Waals surface area contributed by atoms with Crippen LogP contribution in [0.15, 0.2) is 23.9 Å². The Morgan fingerprint density at radius 2 is 1.95 bits per heavy atom. The first-order chi connectivity index (χ1) is 9.43. The van der Waals surface area contributed by atoms with Crippen LogP contribution in [0.25, 0.3) is 0 Å². The van der Waals surface area contributed by atoms with E-state index in [-0.39, 0.29) is 24.5 Å². The average molecular weight is 284 g/mol. The molecule has 8 heteroatoms. The molecule has 0 bridgehead atoms. The summed E-state index contributed by atoms with van der Waals surface area (Å²) in [5.74, 6) is -4.94. The molecule has 106 valence electrons. The van der Waals surface area contributed by atoms with Crippen LogP contribution >= 0.6 is 0 Å². The standard InChI is InChI=1S/C12H10F2N2O4/c13-7-3-6(4-9(18)11(7)14)15-8-5-10(19)16(1-2-17)12(8)20/h3-5,15,17-18H,1-2H2. The fourth-order valence-corrected chi connectivity index (χ4v) is 1.71. The van der Waals surface area contributed by atoms with Crippen molar-refractivity contribution in [3.8, 4) is 5.75 Å². The Kier molecular flexibility index (Phi) is 3.66. The molecule has 1 aromatic carbocycles. The predicted molar refractivity (Wildman–Crippen MR) is 63.5 cm³/mol. The molecule has 1 aromatic rings. The van der Waals surface area contributed by atoms with Gasteiger partial charge in [0, 0.05) is 23.9 Å². The zero-order valence-electron chi connectivity index (χ0n) is 10.1. The molecule has 0 radical (unpaired) electrons. The van der Waals surface area contributed by atoms with Crippen LogP contribution in [-0.4, -0.2) is 40.1 Å². The molecule has 0 spiro atoms. The largest absolute Gasteiger partial charge is 0.505 e. The third kappa shape index (κ3) is 2.45. The van der Waals surface area contributed by atoms with Gasteiger partial charge in [-0.3, -0.25) is 14.5 Å². The van der Waals surface area contributed by atoms with Crippen molar-refractivity contribution >= 4 is 17.5 Å². The number of rotatable bonds is 4. The minimum atomic E-state index is -1.40. The maximum Gasteiger partial charge on any atom is 0.277 e. The van der Waals surface area contributed by atoms with Crippen molar-refractivity contribution in [3.05, 3.63) is 35.5 Å². The van der Waals surface area contributed by atoms with Crippen molar-refractivity contribution in [2.24, 2.45) is 0 Å². The van der Waals surface area contributed by atoms with Crippen LogP contribution in [0.4, 0.5) is 14.5 Å². The number of aliphatic hydroxyl groups is 1. The first-order valence-electron chi connectivity index (χ1n) is 5.57. The number of phenolic OH excluding ortho intramolecular Hbond substituents is 1. The summed E-state index contributed by atoms with van der Waals surface area (Å²) in [5.41, 5.74) is -0.242. The number of amides is 2. The molecule has 3 N–H and O–H groups in total. The molecule has 1 heterocycles. The number of carbonyl (C=O) groups is 2. The molecule has 1 aliphatic rings. The lowest BCUT2D eigenvalue weighted by molar-refractivity contribution is -0.137. The van der Waals surface area contributed by atoms with E-state index in [1.807, 2.05) is 0 Å². The molecule has 0 atom stereocenters. The van der Waals surface area contributed by atoms with Gasteiger partial charge >= 0.3 is 0 Å². The van der Waals surface area contributed by atoms with Crippen LogP contribution < -0.4 is 5.32 Å². The summed E-state index contributed by atoms with van der Waals surface area (Å²) in [6.07, 6.45) is 0.969. The molecule has 2 amide bonds. The normalized spacial score (nSPS) is 14.8. The number of hydrogen-bond donors (Lipinski definition) is 3. The summed E-state index contributed by atoms with van der Waals surface area (Å²) in [6, 6.07) is 1.62. The first kappa shape index (κ1) is 13.9. The van der Waals surface area contributed by atoms with Crippen LogP contribution in [0.3, 0.4) is 0 Å². The summed E-state index contributed by atoms with van der Waals surface area (Å²) in [5, 5.41) is 20.3. The number of β-amino-alcohol motifs (C(OH)–C–C–N with tert-alkyl or cyclic N) is 1. The highest BCUT2D eigenvalue weighted by atomic mass is 19.2. The molecule has 20 heavy (non-hydrogen) atoms. The van der Waals surface area contributed by atoms with Crippen LogP contribution in [0.1, 0.15) is 0 Å². The van der Waals surface area contributed by atoms with Gasteiger partial charge in [0.2, 0.25) is 0 Å². The molecule has 0 saturated carbocycles. The van der Waals surface area contributed by atoms with Crippen molar-refractivity contribution in [1.82, 2.24) is 4.90 Å². The average Bonchev–Trinajstić information content (AvgIpc) is 2.64. The highest BCUT2D eigenvalue weighted by Gasteiger charge is 2.30. The monoisotopic (exact) mass is 284 g/mol. The summed E-state index contributed by atoms with van der Waals surface area (Å²) in [4.78, 5) is 24.0. The number of halogens is 2. The van der Waals surface area contributed by atoms with Crippen LogP contribution in [0, 0.1) is 11.6 Å². The quantitative estimate of drug-likeness (QED) is 0.693. The molecule has 0 saturated heterocycles. The highest BCUT2D eigenvalue weighted by molar-refractivity contribution is 6.17. The van der Waals surface area contributed by atoms with E-state index in [4.69, 9.17) is 10.2 Å². The zero-order valence-corrected chi connectivity index (χ0v) is 10.1. The van der Waals surface area contributed by atoms with Gasteiger partial charge in [-0.25, -0.2) is 4.39 Å². The van der Waals surface area contributed by atoms with E-state index in [0.29, 0.717) is 0 Å². The summed E-state index contributed by atoms with van der Waals surface area (Å²) < 4.78 is 26.0. The molecule has 0 unspecified atom stereocenters. The third-order valence-electron chi connectivity index (χ3n) is 2.62. The van der Waals surface area contributed by atoms with E-state index in [0.717, 1.165) is 23.1 Å².